The molecule has 5 aliphatic rings. The maximum atomic E-state index is 13.1. The zero-order chi connectivity index (χ0) is 22.9. The number of carbonyl (C=O) groups excluding carboxylic acids is 2. The van der Waals surface area contributed by atoms with Gasteiger partial charge < -0.3 is 4.74 Å². The Morgan fingerprint density at radius 2 is 1.58 bits per heavy atom. The van der Waals surface area contributed by atoms with Gasteiger partial charge in [0.05, 0.1) is 25.2 Å². The highest BCUT2D eigenvalue weighted by Crippen LogP contribution is 2.65. The first-order valence-electron chi connectivity index (χ1n) is 10.9. The lowest BCUT2D eigenvalue weighted by Gasteiger charge is -2.37. The lowest BCUT2D eigenvalue weighted by molar-refractivity contribution is -0.140. The summed E-state index contributed by atoms with van der Waals surface area (Å²) in [4.78, 5) is 26.2. The van der Waals surface area contributed by atoms with Crippen LogP contribution in [-0.4, -0.2) is 23.0 Å². The molecular weight excluding hydrogens is 710 g/mol. The molecule has 0 radical (unpaired) electrons. The summed E-state index contributed by atoms with van der Waals surface area (Å²) in [6.07, 6.45) is 7.13. The van der Waals surface area contributed by atoms with Crippen molar-refractivity contribution in [3.8, 4) is 5.75 Å². The second kappa shape index (κ2) is 8.44. The van der Waals surface area contributed by atoms with Crippen LogP contribution in [0.2, 0.25) is 0 Å². The average molecular weight is 729 g/mol. The fraction of sp³-hybridized carbons (Fsp3) is 0.320. The summed E-state index contributed by atoms with van der Waals surface area (Å²) >= 11 is 7.94. The van der Waals surface area contributed by atoms with E-state index in [-0.39, 0.29) is 35.5 Å². The van der Waals surface area contributed by atoms with Crippen molar-refractivity contribution in [2.75, 3.05) is 0 Å². The van der Waals surface area contributed by atoms with Crippen molar-refractivity contribution in [1.29, 1.82) is 0 Å². The van der Waals surface area contributed by atoms with Gasteiger partial charge >= 0.3 is 0 Å². The van der Waals surface area contributed by atoms with Crippen LogP contribution >= 0.6 is 61.1 Å². The highest BCUT2D eigenvalue weighted by Gasteiger charge is 2.67. The highest BCUT2D eigenvalue weighted by molar-refractivity contribution is 14.1. The van der Waals surface area contributed by atoms with Gasteiger partial charge in [-0.1, -0.05) is 40.2 Å². The molecule has 2 aromatic carbocycles. The van der Waals surface area contributed by atoms with Gasteiger partial charge in [0.25, 0.3) is 11.8 Å². The number of nitrogens with zero attached hydrogens (tertiary/aromatic N) is 2. The third-order valence-corrected chi connectivity index (χ3v) is 9.41. The van der Waals surface area contributed by atoms with E-state index in [4.69, 9.17) is 4.74 Å². The Kier molecular flexibility index (Phi) is 5.68. The van der Waals surface area contributed by atoms with Crippen molar-refractivity contribution >= 4 is 79.1 Å². The minimum Gasteiger partial charge on any atom is -0.487 e. The standard InChI is InChI=1S/C25H19BrI2N2O3/c26-14-3-1-12(2-4-14)11-33-23-19(27)7-13(8-20(23)28)10-29-30-24(31)21-15-5-6-16(18-9-17(15)18)22(21)25(30)32/h1-8,10,15-18,21-22H,9,11H2/t15-,16-,17-,18+,21-,22+/m0/s1. The summed E-state index contributed by atoms with van der Waals surface area (Å²) in [7, 11) is 0. The molecule has 2 saturated carbocycles. The second-order valence-corrected chi connectivity index (χ2v) is 12.4. The molecule has 3 fully saturated rings. The van der Waals surface area contributed by atoms with Crippen molar-refractivity contribution in [2.24, 2.45) is 40.6 Å². The summed E-state index contributed by atoms with van der Waals surface area (Å²) in [6, 6.07) is 12.0. The van der Waals surface area contributed by atoms with Crippen LogP contribution in [0, 0.1) is 42.6 Å². The molecule has 5 nitrogen and oxygen atoms in total. The number of hydrogen-bond acceptors (Lipinski definition) is 4. The maximum absolute atomic E-state index is 13.1. The monoisotopic (exact) mass is 728 g/mol. The Labute approximate surface area is 227 Å². The molecule has 1 aliphatic heterocycles. The van der Waals surface area contributed by atoms with Crippen molar-refractivity contribution in [3.63, 3.8) is 0 Å². The first kappa shape index (κ1) is 22.2. The smallest absolute Gasteiger partial charge is 0.254 e. The molecule has 1 heterocycles. The van der Waals surface area contributed by atoms with E-state index in [1.54, 1.807) is 6.21 Å². The molecule has 2 aromatic rings. The number of hydrazone groups is 1. The Morgan fingerprint density at radius 3 is 2.15 bits per heavy atom. The largest absolute Gasteiger partial charge is 0.487 e. The first-order chi connectivity index (χ1) is 15.9. The molecule has 6 atom stereocenters. The van der Waals surface area contributed by atoms with Gasteiger partial charge in [-0.05, 0) is 111 Å². The van der Waals surface area contributed by atoms with Crippen LogP contribution < -0.4 is 4.74 Å². The fourth-order valence-electron chi connectivity index (χ4n) is 5.71. The molecule has 0 unspecified atom stereocenters. The lowest BCUT2D eigenvalue weighted by Crippen LogP contribution is -2.40. The Morgan fingerprint density at radius 1 is 1.00 bits per heavy atom. The van der Waals surface area contributed by atoms with Gasteiger partial charge in [0.1, 0.15) is 12.4 Å². The summed E-state index contributed by atoms with van der Waals surface area (Å²) in [5.41, 5.74) is 1.92. The zero-order valence-electron chi connectivity index (χ0n) is 17.3. The molecule has 33 heavy (non-hydrogen) atoms. The van der Waals surface area contributed by atoms with E-state index in [1.165, 1.54) is 0 Å². The number of ether oxygens (including phenoxy) is 1. The van der Waals surface area contributed by atoms with Crippen LogP contribution in [0.3, 0.4) is 0 Å². The number of hydrogen-bond donors (Lipinski definition) is 0. The highest BCUT2D eigenvalue weighted by atomic mass is 127. The average Bonchev–Trinajstić information content (AvgIpc) is 3.57. The summed E-state index contributed by atoms with van der Waals surface area (Å²) in [5, 5.41) is 5.49. The molecule has 8 heteroatoms. The van der Waals surface area contributed by atoms with Crippen LogP contribution in [-0.2, 0) is 16.2 Å². The number of imide groups is 1. The molecule has 0 spiro atoms. The first-order valence-corrected chi connectivity index (χ1v) is 13.8. The van der Waals surface area contributed by atoms with E-state index in [1.807, 2.05) is 36.4 Å². The minimum absolute atomic E-state index is 0.134. The van der Waals surface area contributed by atoms with E-state index >= 15 is 0 Å². The van der Waals surface area contributed by atoms with Crippen LogP contribution in [0.5, 0.6) is 5.75 Å². The third-order valence-electron chi connectivity index (χ3n) is 7.28. The van der Waals surface area contributed by atoms with Crippen molar-refractivity contribution < 1.29 is 14.3 Å². The van der Waals surface area contributed by atoms with Gasteiger partial charge in [-0.3, -0.25) is 9.59 Å². The molecule has 4 aliphatic carbocycles. The normalized spacial score (nSPS) is 31.3. The van der Waals surface area contributed by atoms with E-state index in [0.717, 1.165) is 39.9 Å². The van der Waals surface area contributed by atoms with Crippen LogP contribution in [0.15, 0.2) is 58.1 Å². The van der Waals surface area contributed by atoms with E-state index in [9.17, 15) is 9.59 Å². The summed E-state index contributed by atoms with van der Waals surface area (Å²) in [6.45, 7) is 0.477. The van der Waals surface area contributed by atoms with Crippen LogP contribution in [0.25, 0.3) is 0 Å². The third kappa shape index (κ3) is 3.80. The van der Waals surface area contributed by atoms with Gasteiger partial charge in [-0.15, -0.1) is 0 Å². The predicted molar refractivity (Wildman–Crippen MR) is 144 cm³/mol. The molecule has 0 N–H and O–H groups in total. The fourth-order valence-corrected chi connectivity index (χ4v) is 8.10. The maximum Gasteiger partial charge on any atom is 0.254 e. The molecule has 168 valence electrons. The van der Waals surface area contributed by atoms with Gasteiger partial charge in [0.15, 0.2) is 0 Å². The topological polar surface area (TPSA) is 59.0 Å². The molecule has 2 amide bonds. The molecular formula is C25H19BrI2N2O3. The van der Waals surface area contributed by atoms with Crippen LogP contribution in [0.1, 0.15) is 17.5 Å². The van der Waals surface area contributed by atoms with Gasteiger partial charge in [-0.25, -0.2) is 0 Å². The lowest BCUT2D eigenvalue weighted by atomic mass is 9.63. The Bertz CT molecular complexity index is 1170. The van der Waals surface area contributed by atoms with E-state index in [2.05, 4.69) is 78.4 Å². The van der Waals surface area contributed by atoms with Gasteiger partial charge in [-0.2, -0.15) is 10.1 Å². The predicted octanol–water partition coefficient (Wildman–Crippen LogP) is 5.62. The van der Waals surface area contributed by atoms with E-state index in [0.29, 0.717) is 18.4 Å². The number of amides is 2. The Hall–Kier alpha value is -1.27. The minimum atomic E-state index is -0.219. The molecule has 2 bridgehead atoms. The number of benzene rings is 2. The van der Waals surface area contributed by atoms with Crippen molar-refractivity contribution in [1.82, 2.24) is 5.01 Å². The van der Waals surface area contributed by atoms with Gasteiger partial charge in [0.2, 0.25) is 0 Å². The molecule has 1 saturated heterocycles. The zero-order valence-corrected chi connectivity index (χ0v) is 23.2. The number of allylic oxidation sites excluding steroid dienone is 2. The molecule has 7 rings (SSSR count). The number of carbonyl (C=O) groups is 2. The van der Waals surface area contributed by atoms with Gasteiger partial charge in [0, 0.05) is 4.47 Å². The number of halogens is 3. The second-order valence-electron chi connectivity index (χ2n) is 9.12. The van der Waals surface area contributed by atoms with E-state index < -0.39 is 0 Å². The van der Waals surface area contributed by atoms with Crippen molar-refractivity contribution in [2.45, 2.75) is 13.0 Å². The van der Waals surface area contributed by atoms with Crippen molar-refractivity contribution in [3.05, 3.63) is 71.3 Å². The molecule has 0 aromatic heterocycles. The van der Waals surface area contributed by atoms with Crippen LogP contribution in [0.4, 0.5) is 0 Å². The SMILES string of the molecule is O=C1[C@@H]2[C@H]3C=C[C@@H]([C@@H]4C[C@H]34)[C@@H]2C(=O)N1N=Cc1cc(I)c(OCc2ccc(Br)cc2)c(I)c1. The number of rotatable bonds is 5. The Balaban J connectivity index is 1.18. The quantitative estimate of drug-likeness (QED) is 0.174. The summed E-state index contributed by atoms with van der Waals surface area (Å²) < 4.78 is 9.01. The summed E-state index contributed by atoms with van der Waals surface area (Å²) in [5.74, 6) is 1.72.